The molecule has 0 aliphatic heterocycles. The quantitative estimate of drug-likeness (QED) is 0.726. The van der Waals surface area contributed by atoms with Gasteiger partial charge in [-0.25, -0.2) is 9.07 Å². The Balaban J connectivity index is 1.75. The van der Waals surface area contributed by atoms with Gasteiger partial charge in [0.25, 0.3) is 5.56 Å². The number of para-hydroxylation sites is 1. The van der Waals surface area contributed by atoms with Crippen LogP contribution in [0.5, 0.6) is 0 Å². The smallest absolute Gasteiger partial charge is 0.295 e. The van der Waals surface area contributed by atoms with Crippen molar-refractivity contribution in [3.05, 3.63) is 82.0 Å². The van der Waals surface area contributed by atoms with Crippen molar-refractivity contribution in [3.63, 3.8) is 0 Å². The maximum absolute atomic E-state index is 14.6. The van der Waals surface area contributed by atoms with E-state index in [0.717, 1.165) is 12.8 Å². The van der Waals surface area contributed by atoms with Gasteiger partial charge in [0.1, 0.15) is 11.5 Å². The van der Waals surface area contributed by atoms with Crippen LogP contribution in [0.1, 0.15) is 36.9 Å². The van der Waals surface area contributed by atoms with E-state index in [4.69, 9.17) is 0 Å². The van der Waals surface area contributed by atoms with Crippen molar-refractivity contribution < 1.29 is 9.18 Å². The average molecular weight is 393 g/mol. The molecule has 0 saturated heterocycles. The van der Waals surface area contributed by atoms with Gasteiger partial charge in [-0.05, 0) is 38.0 Å². The fourth-order valence-electron chi connectivity index (χ4n) is 4.39. The molecule has 1 N–H and O–H groups in total. The third-order valence-electron chi connectivity index (χ3n) is 6.07. The fraction of sp³-hybridized carbons (Fsp3) is 0.304. The molecule has 6 heteroatoms. The first-order valence-corrected chi connectivity index (χ1v) is 9.86. The van der Waals surface area contributed by atoms with Gasteiger partial charge in [0.2, 0.25) is 5.91 Å². The molecule has 0 atom stereocenters. The first kappa shape index (κ1) is 19.2. The second kappa shape index (κ2) is 7.35. The predicted octanol–water partition coefficient (Wildman–Crippen LogP) is 4.07. The van der Waals surface area contributed by atoms with Crippen LogP contribution in [0.25, 0.3) is 5.69 Å². The molecular weight excluding hydrogens is 369 g/mol. The second-order valence-electron chi connectivity index (χ2n) is 7.66. The molecule has 0 bridgehead atoms. The lowest BCUT2D eigenvalue weighted by Gasteiger charge is -2.28. The minimum absolute atomic E-state index is 0.240. The Morgan fingerprint density at radius 1 is 1.03 bits per heavy atom. The SMILES string of the molecule is Cc1c(NC(=O)C2(c3ccccc3F)CCCC2)c(=O)n(-c2ccccc2)n1C. The Labute approximate surface area is 168 Å². The summed E-state index contributed by atoms with van der Waals surface area (Å²) < 4.78 is 17.8. The Morgan fingerprint density at radius 2 is 1.66 bits per heavy atom. The number of anilines is 1. The number of halogens is 1. The molecule has 3 aromatic rings. The summed E-state index contributed by atoms with van der Waals surface area (Å²) in [6, 6.07) is 15.7. The Kier molecular flexibility index (Phi) is 4.86. The largest absolute Gasteiger partial charge is 0.319 e. The maximum atomic E-state index is 14.6. The third kappa shape index (κ3) is 3.09. The lowest BCUT2D eigenvalue weighted by atomic mass is 9.77. The van der Waals surface area contributed by atoms with Crippen LogP contribution in [0.15, 0.2) is 59.4 Å². The van der Waals surface area contributed by atoms with Crippen LogP contribution >= 0.6 is 0 Å². The molecule has 0 radical (unpaired) electrons. The molecule has 0 unspecified atom stereocenters. The van der Waals surface area contributed by atoms with Gasteiger partial charge < -0.3 is 5.32 Å². The lowest BCUT2D eigenvalue weighted by molar-refractivity contribution is -0.121. The van der Waals surface area contributed by atoms with Crippen LogP contribution in [0.3, 0.4) is 0 Å². The molecule has 1 heterocycles. The van der Waals surface area contributed by atoms with E-state index in [1.165, 1.54) is 10.7 Å². The van der Waals surface area contributed by atoms with Gasteiger partial charge in [0.05, 0.1) is 16.8 Å². The first-order chi connectivity index (χ1) is 14.0. The summed E-state index contributed by atoms with van der Waals surface area (Å²) in [5.41, 5.74) is 0.766. The highest BCUT2D eigenvalue weighted by Crippen LogP contribution is 2.43. The molecule has 1 saturated carbocycles. The number of hydrogen-bond donors (Lipinski definition) is 1. The van der Waals surface area contributed by atoms with Crippen LogP contribution in [0.2, 0.25) is 0 Å². The van der Waals surface area contributed by atoms with E-state index < -0.39 is 5.41 Å². The van der Waals surface area contributed by atoms with Crippen LogP contribution in [0.4, 0.5) is 10.1 Å². The summed E-state index contributed by atoms with van der Waals surface area (Å²) >= 11 is 0. The number of carbonyl (C=O) groups excluding carboxylic acids is 1. The van der Waals surface area contributed by atoms with Crippen molar-refractivity contribution in [2.24, 2.45) is 7.05 Å². The summed E-state index contributed by atoms with van der Waals surface area (Å²) in [5.74, 6) is -0.692. The number of carbonyl (C=O) groups is 1. The van der Waals surface area contributed by atoms with E-state index in [0.29, 0.717) is 29.8 Å². The fourth-order valence-corrected chi connectivity index (χ4v) is 4.39. The normalized spacial score (nSPS) is 15.4. The second-order valence-corrected chi connectivity index (χ2v) is 7.66. The number of rotatable bonds is 4. The van der Waals surface area contributed by atoms with Gasteiger partial charge in [-0.2, -0.15) is 0 Å². The zero-order chi connectivity index (χ0) is 20.6. The highest BCUT2D eigenvalue weighted by atomic mass is 19.1. The van der Waals surface area contributed by atoms with E-state index >= 15 is 0 Å². The van der Waals surface area contributed by atoms with E-state index in [1.807, 2.05) is 30.3 Å². The molecule has 1 fully saturated rings. The third-order valence-corrected chi connectivity index (χ3v) is 6.07. The zero-order valence-corrected chi connectivity index (χ0v) is 16.6. The van der Waals surface area contributed by atoms with E-state index in [2.05, 4.69) is 5.32 Å². The van der Waals surface area contributed by atoms with Gasteiger partial charge in [-0.3, -0.25) is 14.3 Å². The van der Waals surface area contributed by atoms with Gasteiger partial charge in [0, 0.05) is 12.6 Å². The van der Waals surface area contributed by atoms with Gasteiger partial charge in [-0.15, -0.1) is 0 Å². The Morgan fingerprint density at radius 3 is 2.31 bits per heavy atom. The molecule has 1 aliphatic carbocycles. The summed E-state index contributed by atoms with van der Waals surface area (Å²) in [6.45, 7) is 1.79. The number of nitrogens with zero attached hydrogens (tertiary/aromatic N) is 2. The number of benzene rings is 2. The zero-order valence-electron chi connectivity index (χ0n) is 16.6. The molecule has 1 aromatic heterocycles. The molecule has 0 spiro atoms. The highest BCUT2D eigenvalue weighted by Gasteiger charge is 2.44. The van der Waals surface area contributed by atoms with Crippen LogP contribution in [-0.4, -0.2) is 15.3 Å². The first-order valence-electron chi connectivity index (χ1n) is 9.86. The molecule has 5 nitrogen and oxygen atoms in total. The van der Waals surface area contributed by atoms with Crippen molar-refractivity contribution in [1.82, 2.24) is 9.36 Å². The predicted molar refractivity (Wildman–Crippen MR) is 111 cm³/mol. The molecule has 29 heavy (non-hydrogen) atoms. The minimum atomic E-state index is -0.947. The summed E-state index contributed by atoms with van der Waals surface area (Å²) in [6.07, 6.45) is 2.84. The van der Waals surface area contributed by atoms with Crippen LogP contribution in [0, 0.1) is 12.7 Å². The molecule has 1 amide bonds. The maximum Gasteiger partial charge on any atom is 0.295 e. The van der Waals surface area contributed by atoms with Gasteiger partial charge >= 0.3 is 0 Å². The van der Waals surface area contributed by atoms with Crippen molar-refractivity contribution >= 4 is 11.6 Å². The molecule has 2 aromatic carbocycles. The molecule has 1 aliphatic rings. The van der Waals surface area contributed by atoms with E-state index in [1.54, 1.807) is 36.9 Å². The van der Waals surface area contributed by atoms with Crippen molar-refractivity contribution in [1.29, 1.82) is 0 Å². The van der Waals surface area contributed by atoms with Gasteiger partial charge in [0.15, 0.2) is 0 Å². The van der Waals surface area contributed by atoms with Gasteiger partial charge in [-0.1, -0.05) is 49.2 Å². The standard InChI is InChI=1S/C23H24FN3O2/c1-16-20(21(28)27(26(16)2)17-10-4-3-5-11-17)25-22(29)23(14-8-9-15-23)18-12-6-7-13-19(18)24/h3-7,10-13H,8-9,14-15H2,1-2H3,(H,25,29). The van der Waals surface area contributed by atoms with E-state index in [-0.39, 0.29) is 23.0 Å². The lowest BCUT2D eigenvalue weighted by Crippen LogP contribution is -2.39. The number of hydrogen-bond acceptors (Lipinski definition) is 2. The van der Waals surface area contributed by atoms with Crippen LogP contribution < -0.4 is 10.9 Å². The minimum Gasteiger partial charge on any atom is -0.319 e. The number of nitrogens with one attached hydrogen (secondary N) is 1. The van der Waals surface area contributed by atoms with Crippen molar-refractivity contribution in [2.45, 2.75) is 38.0 Å². The van der Waals surface area contributed by atoms with Crippen molar-refractivity contribution in [2.75, 3.05) is 5.32 Å². The average Bonchev–Trinajstić information content (AvgIpc) is 3.30. The highest BCUT2D eigenvalue weighted by molar-refractivity contribution is 5.99. The number of amides is 1. The Bertz CT molecular complexity index is 1110. The van der Waals surface area contributed by atoms with E-state index in [9.17, 15) is 14.0 Å². The molecular formula is C23H24FN3O2. The number of aromatic nitrogens is 2. The summed E-state index contributed by atoms with van der Waals surface area (Å²) in [7, 11) is 1.78. The molecule has 4 rings (SSSR count). The van der Waals surface area contributed by atoms with Crippen molar-refractivity contribution in [3.8, 4) is 5.69 Å². The monoisotopic (exact) mass is 393 g/mol. The topological polar surface area (TPSA) is 56.0 Å². The molecule has 150 valence electrons. The van der Waals surface area contributed by atoms with Crippen LogP contribution in [-0.2, 0) is 17.3 Å². The Hall–Kier alpha value is -3.15. The summed E-state index contributed by atoms with van der Waals surface area (Å²) in [5, 5.41) is 2.86. The summed E-state index contributed by atoms with van der Waals surface area (Å²) in [4.78, 5) is 26.5.